The number of carbonyl (C=O) groups is 8. The van der Waals surface area contributed by atoms with Gasteiger partial charge in [0.2, 0.25) is 29.5 Å². The predicted octanol–water partition coefficient (Wildman–Crippen LogP) is 5.97. The van der Waals surface area contributed by atoms with Crippen LogP contribution in [0.25, 0.3) is 0 Å². The van der Waals surface area contributed by atoms with E-state index in [2.05, 4.69) is 37.2 Å². The number of amides is 7. The first-order chi connectivity index (χ1) is 31.9. The van der Waals surface area contributed by atoms with Gasteiger partial charge in [0.1, 0.15) is 12.2 Å². The van der Waals surface area contributed by atoms with Crippen LogP contribution >= 0.6 is 0 Å². The summed E-state index contributed by atoms with van der Waals surface area (Å²) in [6.07, 6.45) is -0.961. The second kappa shape index (κ2) is 29.6. The Morgan fingerprint density at radius 1 is 0.522 bits per heavy atom. The van der Waals surface area contributed by atoms with Crippen molar-refractivity contribution in [1.82, 2.24) is 37.2 Å². The van der Waals surface area contributed by atoms with E-state index in [1.165, 1.54) is 0 Å². The summed E-state index contributed by atoms with van der Waals surface area (Å²) < 4.78 is 41.9. The number of alkyl halides is 2. The first kappa shape index (κ1) is 61.7. The highest BCUT2D eigenvalue weighted by atomic mass is 19.3. The van der Waals surface area contributed by atoms with Crippen molar-refractivity contribution in [1.29, 1.82) is 0 Å². The smallest absolute Gasteiger partial charge is 0.407 e. The first-order valence-corrected chi connectivity index (χ1v) is 24.2. The highest BCUT2D eigenvalue weighted by Gasteiger charge is 2.46. The van der Waals surface area contributed by atoms with E-state index in [0.29, 0.717) is 12.8 Å². The summed E-state index contributed by atoms with van der Waals surface area (Å²) >= 11 is 0. The van der Waals surface area contributed by atoms with Gasteiger partial charge in [-0.3, -0.25) is 33.6 Å². The average molecular weight is 980 g/mol. The first-order valence-electron chi connectivity index (χ1n) is 24.2. The third-order valence-electron chi connectivity index (χ3n) is 10.8. The summed E-state index contributed by atoms with van der Waals surface area (Å²) in [5.41, 5.74) is 0.109. The molecule has 69 heavy (non-hydrogen) atoms. The van der Waals surface area contributed by atoms with Crippen LogP contribution in [-0.2, 0) is 49.6 Å². The lowest BCUT2D eigenvalue weighted by Gasteiger charge is -2.29. The lowest BCUT2D eigenvalue weighted by atomic mass is 9.98. The topological polar surface area (TPSA) is 239 Å². The number of nitrogens with one attached hydrogen (secondary N) is 7. The Morgan fingerprint density at radius 2 is 0.942 bits per heavy atom. The fourth-order valence-electron chi connectivity index (χ4n) is 7.26. The van der Waals surface area contributed by atoms with Crippen LogP contribution in [-0.4, -0.2) is 101 Å². The average Bonchev–Trinajstić information content (AvgIpc) is 3.18. The van der Waals surface area contributed by atoms with Gasteiger partial charge in [-0.15, -0.1) is 0 Å². The maximum atomic E-state index is 15.6. The van der Waals surface area contributed by atoms with Crippen molar-refractivity contribution < 1.29 is 56.6 Å². The fourth-order valence-corrected chi connectivity index (χ4v) is 7.26. The Morgan fingerprint density at radius 3 is 1.38 bits per heavy atom. The summed E-state index contributed by atoms with van der Waals surface area (Å²) in [7, 11) is 0. The van der Waals surface area contributed by atoms with Crippen molar-refractivity contribution >= 4 is 47.5 Å². The second-order valence-corrected chi connectivity index (χ2v) is 20.8. The molecule has 1 aromatic carbocycles. The summed E-state index contributed by atoms with van der Waals surface area (Å²) in [5, 5.41) is 18.2. The summed E-state index contributed by atoms with van der Waals surface area (Å²) in [6.45, 7) is 24.1. The van der Waals surface area contributed by atoms with Gasteiger partial charge in [-0.1, -0.05) is 85.7 Å². The highest BCUT2D eigenvalue weighted by Crippen LogP contribution is 2.22. The van der Waals surface area contributed by atoms with Crippen molar-refractivity contribution in [2.24, 2.45) is 23.7 Å². The molecule has 1 aromatic rings. The molecule has 0 saturated carbocycles. The Balaban J connectivity index is 2.77. The molecular weight excluding hydrogens is 897 g/mol. The number of alkyl carbamates (subject to hydrolysis) is 1. The van der Waals surface area contributed by atoms with Gasteiger partial charge in [0.15, 0.2) is 0 Å². The molecule has 19 heteroatoms. The van der Waals surface area contributed by atoms with Crippen molar-refractivity contribution in [2.45, 2.75) is 209 Å². The lowest BCUT2D eigenvalue weighted by Crippen LogP contribution is -2.57. The standard InChI is InChI=1S/C50H83F2N7O10/c1-29(2)20-37(56-41(60)22-33(9)54-45(64)27-40(32(7)8)59-48(67)69-49(12,13)14)24-43(62)55-35(11)50(51,52)47(66)58-39(31(5)6)26-44(63)53-34(10)23-42(61)57-38(21-30(3)4)25-46(65)68-28-36-18-16-15-17-19-36/h15-19,29-35,37-40H,20-28H2,1-14H3,(H,53,63)(H,54,64)(H,55,62)(H,56,60)(H,57,61)(H,58,66)(H,59,67)/t33-,34-,35-,37-,38-,39+,40+/m0/s1. The molecule has 0 saturated heterocycles. The number of carbonyl (C=O) groups excluding carboxylic acids is 8. The maximum Gasteiger partial charge on any atom is 0.407 e. The van der Waals surface area contributed by atoms with Gasteiger partial charge in [-0.25, -0.2) is 4.79 Å². The number of hydrogen-bond donors (Lipinski definition) is 7. The molecule has 0 radical (unpaired) electrons. The minimum atomic E-state index is -4.10. The zero-order chi connectivity index (χ0) is 52.8. The third-order valence-corrected chi connectivity index (χ3v) is 10.8. The molecule has 0 aliphatic rings. The van der Waals surface area contributed by atoms with Crippen LogP contribution in [0, 0.1) is 23.7 Å². The zero-order valence-corrected chi connectivity index (χ0v) is 43.4. The largest absolute Gasteiger partial charge is 0.461 e. The number of halogens is 2. The maximum absolute atomic E-state index is 15.6. The molecular formula is C50H83F2N7O10. The van der Waals surface area contributed by atoms with Gasteiger partial charge >= 0.3 is 18.0 Å². The molecule has 0 fully saturated rings. The Bertz CT molecular complexity index is 1820. The molecule has 1 rings (SSSR count). The quantitative estimate of drug-likeness (QED) is 0.0464. The van der Waals surface area contributed by atoms with Crippen molar-refractivity contribution in [3.63, 3.8) is 0 Å². The third kappa shape index (κ3) is 26.8. The van der Waals surface area contributed by atoms with E-state index in [1.807, 2.05) is 71.9 Å². The van der Waals surface area contributed by atoms with Crippen LogP contribution in [0.3, 0.4) is 0 Å². The summed E-state index contributed by atoms with van der Waals surface area (Å²) in [4.78, 5) is 103. The fraction of sp³-hybridized carbons (Fsp3) is 0.720. The van der Waals surface area contributed by atoms with Crippen molar-refractivity contribution in [3.8, 4) is 0 Å². The minimum absolute atomic E-state index is 0.00398. The number of benzene rings is 1. The molecule has 0 spiro atoms. The summed E-state index contributed by atoms with van der Waals surface area (Å²) in [5.74, 6) is -9.42. The summed E-state index contributed by atoms with van der Waals surface area (Å²) in [6, 6.07) is 3.08. The monoisotopic (exact) mass is 980 g/mol. The van der Waals surface area contributed by atoms with Crippen molar-refractivity contribution in [2.75, 3.05) is 0 Å². The van der Waals surface area contributed by atoms with E-state index in [4.69, 9.17) is 9.47 Å². The normalized spacial score (nSPS) is 14.9. The molecule has 7 atom stereocenters. The Kier molecular flexibility index (Phi) is 26.5. The molecule has 7 N–H and O–H groups in total. The minimum Gasteiger partial charge on any atom is -0.461 e. The van der Waals surface area contributed by atoms with Crippen molar-refractivity contribution in [3.05, 3.63) is 35.9 Å². The van der Waals surface area contributed by atoms with Crippen LogP contribution in [0.4, 0.5) is 13.6 Å². The Hall–Kier alpha value is -5.36. The molecule has 0 aliphatic carbocycles. The predicted molar refractivity (Wildman–Crippen MR) is 259 cm³/mol. The molecule has 0 unspecified atom stereocenters. The van der Waals surface area contributed by atoms with Crippen LogP contribution in [0.1, 0.15) is 154 Å². The molecule has 7 amide bonds. The van der Waals surface area contributed by atoms with Gasteiger partial charge in [0.05, 0.1) is 12.5 Å². The number of hydrogen-bond acceptors (Lipinski definition) is 10. The molecule has 17 nitrogen and oxygen atoms in total. The lowest BCUT2D eigenvalue weighted by molar-refractivity contribution is -0.152. The van der Waals surface area contributed by atoms with E-state index in [1.54, 1.807) is 48.5 Å². The van der Waals surface area contributed by atoms with Crippen LogP contribution in [0.15, 0.2) is 30.3 Å². The molecule has 0 bridgehead atoms. The van der Waals surface area contributed by atoms with E-state index < -0.39 is 107 Å². The second-order valence-electron chi connectivity index (χ2n) is 20.8. The van der Waals surface area contributed by atoms with E-state index in [-0.39, 0.29) is 62.9 Å². The van der Waals surface area contributed by atoms with E-state index in [0.717, 1.165) is 12.5 Å². The van der Waals surface area contributed by atoms with Gasteiger partial charge < -0.3 is 46.7 Å². The van der Waals surface area contributed by atoms with E-state index >= 15 is 8.78 Å². The van der Waals surface area contributed by atoms with Crippen LogP contribution < -0.4 is 37.2 Å². The molecule has 0 aliphatic heterocycles. The van der Waals surface area contributed by atoms with Gasteiger partial charge in [0.25, 0.3) is 5.91 Å². The van der Waals surface area contributed by atoms with Gasteiger partial charge in [-0.05, 0) is 83.6 Å². The zero-order valence-electron chi connectivity index (χ0n) is 43.4. The number of rotatable bonds is 29. The molecule has 0 heterocycles. The van der Waals surface area contributed by atoms with E-state index in [9.17, 15) is 38.4 Å². The van der Waals surface area contributed by atoms with Gasteiger partial charge in [0, 0.05) is 68.4 Å². The van der Waals surface area contributed by atoms with Gasteiger partial charge in [-0.2, -0.15) is 8.78 Å². The van der Waals surface area contributed by atoms with Crippen LogP contribution in [0.5, 0.6) is 0 Å². The molecule has 392 valence electrons. The number of ether oxygens (including phenoxy) is 2. The highest BCUT2D eigenvalue weighted by molar-refractivity contribution is 5.87. The SMILES string of the molecule is CC(C)C[C@@H](CC(=O)N[C@@H](C)C(F)(F)C(=O)N[C@H](CC(=O)N[C@@H](C)CC(=O)N[C@H](CC(=O)OCc1ccccc1)CC(C)C)C(C)C)NC(=O)C[C@H](C)NC(=O)C[C@@H](NC(=O)OC(C)(C)C)C(C)C. The number of esters is 1. The van der Waals surface area contributed by atoms with Crippen LogP contribution in [0.2, 0.25) is 0 Å². The Labute approximate surface area is 408 Å². The molecule has 0 aromatic heterocycles.